The first-order valence-electron chi connectivity index (χ1n) is 6.90. The van der Waals surface area contributed by atoms with Crippen LogP contribution >= 0.6 is 0 Å². The Bertz CT molecular complexity index is 585. The number of hydrogen-bond acceptors (Lipinski definition) is 4. The van der Waals surface area contributed by atoms with E-state index < -0.39 is 22.3 Å². The molecule has 0 bridgehead atoms. The van der Waals surface area contributed by atoms with Crippen LogP contribution in [0.3, 0.4) is 0 Å². The van der Waals surface area contributed by atoms with Crippen LogP contribution in [0.4, 0.5) is 15.8 Å². The van der Waals surface area contributed by atoms with Gasteiger partial charge in [-0.2, -0.15) is 0 Å². The van der Waals surface area contributed by atoms with Crippen LogP contribution in [-0.2, 0) is 0 Å². The number of nitrogens with zero attached hydrogens (tertiary/aromatic N) is 1. The Kier molecular flexibility index (Phi) is 4.11. The van der Waals surface area contributed by atoms with Crippen LogP contribution in [0.2, 0.25) is 0 Å². The van der Waals surface area contributed by atoms with Crippen LogP contribution in [0.1, 0.15) is 43.5 Å². The van der Waals surface area contributed by atoms with Gasteiger partial charge in [-0.1, -0.05) is 6.92 Å². The Balaban J connectivity index is 2.35. The van der Waals surface area contributed by atoms with Crippen molar-refractivity contribution in [3.8, 4) is 0 Å². The topological polar surface area (TPSA) is 84.3 Å². The first kappa shape index (κ1) is 15.2. The molecule has 0 spiro atoms. The minimum atomic E-state index is -0.739. The molecule has 21 heavy (non-hydrogen) atoms. The molecule has 6 nitrogen and oxygen atoms in total. The fourth-order valence-electron chi connectivity index (χ4n) is 1.94. The molecule has 0 atom stereocenters. The maximum atomic E-state index is 13.8. The third-order valence-corrected chi connectivity index (χ3v) is 3.51. The van der Waals surface area contributed by atoms with Crippen LogP contribution in [0, 0.1) is 15.9 Å². The highest BCUT2D eigenvalue weighted by atomic mass is 19.1. The van der Waals surface area contributed by atoms with Crippen molar-refractivity contribution in [3.05, 3.63) is 33.6 Å². The summed E-state index contributed by atoms with van der Waals surface area (Å²) >= 11 is 0. The lowest BCUT2D eigenvalue weighted by molar-refractivity contribution is -0.385. The molecule has 114 valence electrons. The van der Waals surface area contributed by atoms with Crippen molar-refractivity contribution in [3.63, 3.8) is 0 Å². The predicted molar refractivity (Wildman–Crippen MR) is 76.9 cm³/mol. The van der Waals surface area contributed by atoms with Gasteiger partial charge in [0.05, 0.1) is 16.7 Å². The van der Waals surface area contributed by atoms with E-state index in [-0.39, 0.29) is 16.8 Å². The van der Waals surface area contributed by atoms with E-state index in [1.807, 2.05) is 13.8 Å². The molecule has 0 aliphatic heterocycles. The van der Waals surface area contributed by atoms with Crippen LogP contribution in [0.25, 0.3) is 0 Å². The number of nitrogens with one attached hydrogen (secondary N) is 2. The molecule has 1 aliphatic rings. The molecule has 1 fully saturated rings. The van der Waals surface area contributed by atoms with E-state index in [9.17, 15) is 19.3 Å². The Morgan fingerprint density at radius 1 is 1.48 bits per heavy atom. The molecular weight excluding hydrogens is 277 g/mol. The third kappa shape index (κ3) is 3.48. The lowest BCUT2D eigenvalue weighted by Crippen LogP contribution is -2.34. The SMILES string of the molecule is CCCNc1cc(C(=O)NC2(C)CC2)c([N+](=O)[O-])cc1F. The van der Waals surface area contributed by atoms with Gasteiger partial charge >= 0.3 is 0 Å². The molecule has 1 saturated carbocycles. The minimum Gasteiger partial charge on any atom is -0.383 e. The van der Waals surface area contributed by atoms with E-state index >= 15 is 0 Å². The van der Waals surface area contributed by atoms with Gasteiger partial charge in [-0.3, -0.25) is 14.9 Å². The second kappa shape index (κ2) is 5.67. The number of hydrogen-bond donors (Lipinski definition) is 2. The summed E-state index contributed by atoms with van der Waals surface area (Å²) < 4.78 is 13.8. The van der Waals surface area contributed by atoms with Gasteiger partial charge in [0, 0.05) is 12.1 Å². The summed E-state index contributed by atoms with van der Waals surface area (Å²) in [5.41, 5.74) is -0.825. The van der Waals surface area contributed by atoms with Gasteiger partial charge in [0.1, 0.15) is 5.56 Å². The standard InChI is InChI=1S/C14H18FN3O3/c1-3-6-16-11-7-9(12(18(20)21)8-10(11)15)13(19)17-14(2)4-5-14/h7-8,16H,3-6H2,1-2H3,(H,17,19). The van der Waals surface area contributed by atoms with Gasteiger partial charge in [0.2, 0.25) is 0 Å². The monoisotopic (exact) mass is 295 g/mol. The second-order valence-electron chi connectivity index (χ2n) is 5.55. The predicted octanol–water partition coefficient (Wildman–Crippen LogP) is 2.84. The number of benzene rings is 1. The van der Waals surface area contributed by atoms with E-state index in [0.717, 1.165) is 25.3 Å². The zero-order valence-corrected chi connectivity index (χ0v) is 12.0. The lowest BCUT2D eigenvalue weighted by atomic mass is 10.1. The Labute approximate surface area is 121 Å². The van der Waals surface area contributed by atoms with E-state index in [4.69, 9.17) is 0 Å². The summed E-state index contributed by atoms with van der Waals surface area (Å²) in [5.74, 6) is -1.27. The summed E-state index contributed by atoms with van der Waals surface area (Å²) in [6.07, 6.45) is 2.46. The quantitative estimate of drug-likeness (QED) is 0.624. The minimum absolute atomic E-state index is 0.105. The third-order valence-electron chi connectivity index (χ3n) is 3.51. The first-order chi connectivity index (χ1) is 9.86. The van der Waals surface area contributed by atoms with Crippen LogP contribution < -0.4 is 10.6 Å². The van der Waals surface area contributed by atoms with Gasteiger partial charge in [-0.05, 0) is 32.3 Å². The molecule has 0 unspecified atom stereocenters. The zero-order valence-electron chi connectivity index (χ0n) is 12.0. The van der Waals surface area contributed by atoms with Gasteiger partial charge < -0.3 is 10.6 Å². The number of amides is 1. The maximum absolute atomic E-state index is 13.8. The van der Waals surface area contributed by atoms with Crippen molar-refractivity contribution < 1.29 is 14.1 Å². The van der Waals surface area contributed by atoms with Gasteiger partial charge in [0.25, 0.3) is 11.6 Å². The highest BCUT2D eigenvalue weighted by Gasteiger charge is 2.40. The van der Waals surface area contributed by atoms with Crippen LogP contribution in [0.5, 0.6) is 0 Å². The Morgan fingerprint density at radius 2 is 2.14 bits per heavy atom. The van der Waals surface area contributed by atoms with Crippen molar-refractivity contribution in [1.29, 1.82) is 0 Å². The Hall–Kier alpha value is -2.18. The van der Waals surface area contributed by atoms with Crippen molar-refractivity contribution in [2.45, 2.75) is 38.6 Å². The molecule has 0 radical (unpaired) electrons. The van der Waals surface area contributed by atoms with Crippen molar-refractivity contribution in [2.24, 2.45) is 0 Å². The molecule has 1 aromatic rings. The molecule has 1 amide bonds. The summed E-state index contributed by atoms with van der Waals surface area (Å²) in [4.78, 5) is 22.5. The number of anilines is 1. The lowest BCUT2D eigenvalue weighted by Gasteiger charge is -2.13. The summed E-state index contributed by atoms with van der Waals surface area (Å²) in [7, 11) is 0. The number of nitro groups is 1. The number of carbonyl (C=O) groups excluding carboxylic acids is 1. The average Bonchev–Trinajstić information content (AvgIpc) is 3.14. The molecule has 1 aromatic carbocycles. The van der Waals surface area contributed by atoms with Crippen molar-refractivity contribution in [2.75, 3.05) is 11.9 Å². The second-order valence-corrected chi connectivity index (χ2v) is 5.55. The van der Waals surface area contributed by atoms with E-state index in [1.165, 1.54) is 6.07 Å². The number of carbonyl (C=O) groups is 1. The van der Waals surface area contributed by atoms with Crippen LogP contribution in [-0.4, -0.2) is 22.9 Å². The maximum Gasteiger partial charge on any atom is 0.285 e. The fourth-order valence-corrected chi connectivity index (χ4v) is 1.94. The molecular formula is C14H18FN3O3. The molecule has 0 saturated heterocycles. The number of nitro benzene ring substituents is 1. The molecule has 2 N–H and O–H groups in total. The normalized spacial score (nSPS) is 15.4. The summed E-state index contributed by atoms with van der Waals surface area (Å²) in [6.45, 7) is 4.31. The largest absolute Gasteiger partial charge is 0.383 e. The fraction of sp³-hybridized carbons (Fsp3) is 0.500. The van der Waals surface area contributed by atoms with Gasteiger partial charge in [-0.25, -0.2) is 4.39 Å². The van der Waals surface area contributed by atoms with Crippen LogP contribution in [0.15, 0.2) is 12.1 Å². The summed E-state index contributed by atoms with van der Waals surface area (Å²) in [6, 6.07) is 2.01. The van der Waals surface area contributed by atoms with E-state index in [1.54, 1.807) is 0 Å². The van der Waals surface area contributed by atoms with Crippen molar-refractivity contribution >= 4 is 17.3 Å². The van der Waals surface area contributed by atoms with Gasteiger partial charge in [-0.15, -0.1) is 0 Å². The van der Waals surface area contributed by atoms with Crippen molar-refractivity contribution in [1.82, 2.24) is 5.32 Å². The molecule has 7 heteroatoms. The molecule has 2 rings (SSSR count). The molecule has 0 aromatic heterocycles. The van der Waals surface area contributed by atoms with E-state index in [0.29, 0.717) is 6.54 Å². The molecule has 0 heterocycles. The number of halogens is 1. The number of rotatable bonds is 6. The molecule has 1 aliphatic carbocycles. The Morgan fingerprint density at radius 3 is 2.67 bits per heavy atom. The van der Waals surface area contributed by atoms with E-state index in [2.05, 4.69) is 10.6 Å². The highest BCUT2D eigenvalue weighted by Crippen LogP contribution is 2.35. The highest BCUT2D eigenvalue weighted by molar-refractivity contribution is 5.99. The first-order valence-corrected chi connectivity index (χ1v) is 6.90. The average molecular weight is 295 g/mol. The zero-order chi connectivity index (χ0) is 15.6. The smallest absolute Gasteiger partial charge is 0.285 e. The van der Waals surface area contributed by atoms with Gasteiger partial charge in [0.15, 0.2) is 5.82 Å². The summed E-state index contributed by atoms with van der Waals surface area (Å²) in [5, 5.41) is 16.6.